The molecule has 6 heavy (non-hydrogen) atoms. The second kappa shape index (κ2) is 5.26. The molecule has 0 N–H and O–H groups in total. The zero-order valence-corrected chi connectivity index (χ0v) is 10.5. The maximum absolute atomic E-state index is 4.98. The molecule has 0 amide bonds. The van der Waals surface area contributed by atoms with Gasteiger partial charge in [0, 0.05) is 0 Å². The van der Waals surface area contributed by atoms with Crippen molar-refractivity contribution in [1.82, 2.24) is 0 Å². The number of hydrogen-bond donors (Lipinski definition) is 0. The zero-order chi connectivity index (χ0) is 4.50. The summed E-state index contributed by atoms with van der Waals surface area (Å²) in [5.74, 6) is 0. The molecular weight excluding hydrogens is 287 g/mol. The van der Waals surface area contributed by atoms with Gasteiger partial charge in [-0.15, -0.1) is 0 Å². The van der Waals surface area contributed by atoms with Crippen LogP contribution in [0.3, 0.4) is 0 Å². The Morgan fingerprint density at radius 2 is 0.833 bits per heavy atom. The van der Waals surface area contributed by atoms with Crippen LogP contribution in [0.1, 0.15) is 0 Å². The molecule has 0 aliphatic rings. The van der Waals surface area contributed by atoms with Crippen molar-refractivity contribution in [3.63, 3.8) is 0 Å². The molecule has 0 aliphatic carbocycles. The van der Waals surface area contributed by atoms with Gasteiger partial charge in [0.25, 0.3) is 0 Å². The van der Waals surface area contributed by atoms with Gasteiger partial charge in [0.2, 0.25) is 0 Å². The topological polar surface area (TPSA) is 0 Å². The van der Waals surface area contributed by atoms with Crippen LogP contribution in [0.5, 0.6) is 0 Å². The van der Waals surface area contributed by atoms with Crippen LogP contribution < -0.4 is 51.4 Å². The smallest absolute Gasteiger partial charge is 1.00 e. The minimum absolute atomic E-state index is 0. The van der Waals surface area contributed by atoms with E-state index in [1.165, 1.54) is 0 Å². The van der Waals surface area contributed by atoms with Gasteiger partial charge in [-0.1, -0.05) is 0 Å². The van der Waals surface area contributed by atoms with Gasteiger partial charge < -0.3 is 0 Å². The predicted octanol–water partition coefficient (Wildman–Crippen LogP) is -0.241. The summed E-state index contributed by atoms with van der Waals surface area (Å²) in [6.45, 7) is 0. The SMILES string of the molecule is [Cl][Pd]([Cl])([Cl])[Cl].[K+]. The fourth-order valence-corrected chi connectivity index (χ4v) is 0. The first kappa shape index (κ1) is 12.2. The summed E-state index contributed by atoms with van der Waals surface area (Å²) >= 11 is -2.81. The Bertz CT molecular complexity index is 23.0. The minimum atomic E-state index is -2.81. The van der Waals surface area contributed by atoms with E-state index in [-0.39, 0.29) is 51.4 Å². The maximum atomic E-state index is 4.98. The molecule has 6 heteroatoms. The molecule has 0 saturated carbocycles. The van der Waals surface area contributed by atoms with E-state index in [2.05, 4.69) is 0 Å². The molecule has 0 bridgehead atoms. The van der Waals surface area contributed by atoms with Crippen molar-refractivity contribution in [2.24, 2.45) is 0 Å². The molecule has 0 rings (SSSR count). The summed E-state index contributed by atoms with van der Waals surface area (Å²) in [7, 11) is 19.9. The third kappa shape index (κ3) is 26.0. The monoisotopic (exact) mass is 285 g/mol. The molecule has 0 radical (unpaired) electrons. The van der Waals surface area contributed by atoms with Gasteiger partial charge in [-0.2, -0.15) is 0 Å². The zero-order valence-electron chi connectivity index (χ0n) is 2.83. The van der Waals surface area contributed by atoms with E-state index in [4.69, 9.17) is 38.1 Å². The Balaban J connectivity index is 0. The van der Waals surface area contributed by atoms with Crippen molar-refractivity contribution in [2.45, 2.75) is 0 Å². The molecule has 0 aromatic heterocycles. The molecule has 0 aliphatic heterocycles. The summed E-state index contributed by atoms with van der Waals surface area (Å²) in [5.41, 5.74) is 0. The molecule has 0 fully saturated rings. The van der Waals surface area contributed by atoms with Crippen LogP contribution in [-0.4, -0.2) is 0 Å². The Kier molecular flexibility index (Phi) is 10.7. The number of hydrogen-bond acceptors (Lipinski definition) is 0. The third-order valence-electron chi connectivity index (χ3n) is 0. The van der Waals surface area contributed by atoms with Gasteiger partial charge in [0.1, 0.15) is 0 Å². The van der Waals surface area contributed by atoms with E-state index in [0.29, 0.717) is 0 Å². The van der Waals surface area contributed by atoms with E-state index in [1.807, 2.05) is 0 Å². The van der Waals surface area contributed by atoms with Crippen molar-refractivity contribution in [3.05, 3.63) is 0 Å². The van der Waals surface area contributed by atoms with Gasteiger partial charge in [0.15, 0.2) is 0 Å². The van der Waals surface area contributed by atoms with Crippen LogP contribution in [-0.2, 0) is 11.5 Å². The van der Waals surface area contributed by atoms with E-state index in [1.54, 1.807) is 0 Å². The second-order valence-corrected chi connectivity index (χ2v) is 14.4. The van der Waals surface area contributed by atoms with Gasteiger partial charge in [-0.05, 0) is 0 Å². The molecule has 0 saturated heterocycles. The summed E-state index contributed by atoms with van der Waals surface area (Å²) in [6, 6.07) is 0. The predicted molar refractivity (Wildman–Crippen MR) is 23.4 cm³/mol. The van der Waals surface area contributed by atoms with Crippen LogP contribution >= 0.6 is 38.1 Å². The fourth-order valence-electron chi connectivity index (χ4n) is 0. The largest absolute Gasteiger partial charge is 1.00 e. The van der Waals surface area contributed by atoms with E-state index in [9.17, 15) is 0 Å². The van der Waals surface area contributed by atoms with Crippen LogP contribution in [0.2, 0.25) is 0 Å². The Morgan fingerprint density at radius 3 is 0.833 bits per heavy atom. The molecule has 0 spiro atoms. The molecule has 0 atom stereocenters. The van der Waals surface area contributed by atoms with Crippen LogP contribution in [0.4, 0.5) is 0 Å². The van der Waals surface area contributed by atoms with Crippen molar-refractivity contribution < 1.29 is 62.8 Å². The molecule has 0 unspecified atom stereocenters. The Hall–Kier alpha value is 3.46. The normalized spacial score (nSPS) is 12.7. The number of rotatable bonds is 0. The molecular formula is Cl4KPd+. The van der Waals surface area contributed by atoms with E-state index in [0.717, 1.165) is 0 Å². The minimum Gasteiger partial charge on any atom is 1.00 e. The quantitative estimate of drug-likeness (QED) is 0.540. The standard InChI is InChI=1S/4ClH.K.Pd/h4*1H;;/q;;;;+1;+4/p-4. The van der Waals surface area contributed by atoms with Crippen molar-refractivity contribution in [2.75, 3.05) is 0 Å². The Morgan fingerprint density at radius 1 is 0.833 bits per heavy atom. The Labute approximate surface area is 98.2 Å². The fraction of sp³-hybridized carbons (Fsp3) is 0. The first-order chi connectivity index (χ1) is 2.00. The summed E-state index contributed by atoms with van der Waals surface area (Å²) in [6.07, 6.45) is 0. The van der Waals surface area contributed by atoms with Crippen molar-refractivity contribution in [1.29, 1.82) is 0 Å². The molecule has 0 aromatic carbocycles. The van der Waals surface area contributed by atoms with Gasteiger partial charge >= 0.3 is 101 Å². The average molecular weight is 287 g/mol. The molecule has 0 aromatic rings. The van der Waals surface area contributed by atoms with Crippen LogP contribution in [0.25, 0.3) is 0 Å². The molecule has 38 valence electrons. The molecule has 0 nitrogen and oxygen atoms in total. The average Bonchev–Trinajstić information content (AvgIpc) is 0.722. The van der Waals surface area contributed by atoms with E-state index < -0.39 is 11.5 Å². The maximum Gasteiger partial charge on any atom is 1.00 e. The number of halogens is 4. The van der Waals surface area contributed by atoms with Gasteiger partial charge in [-0.3, -0.25) is 0 Å². The van der Waals surface area contributed by atoms with Gasteiger partial charge in [-0.25, -0.2) is 0 Å². The summed E-state index contributed by atoms with van der Waals surface area (Å²) < 4.78 is 0. The van der Waals surface area contributed by atoms with E-state index >= 15 is 0 Å². The summed E-state index contributed by atoms with van der Waals surface area (Å²) in [5, 5.41) is 0. The molecule has 0 heterocycles. The van der Waals surface area contributed by atoms with Crippen molar-refractivity contribution in [3.8, 4) is 0 Å². The van der Waals surface area contributed by atoms with Crippen LogP contribution in [0, 0.1) is 0 Å². The second-order valence-electron chi connectivity index (χ2n) is 0.271. The third-order valence-corrected chi connectivity index (χ3v) is 0. The van der Waals surface area contributed by atoms with Gasteiger partial charge in [0.05, 0.1) is 0 Å². The van der Waals surface area contributed by atoms with Crippen LogP contribution in [0.15, 0.2) is 0 Å². The summed E-state index contributed by atoms with van der Waals surface area (Å²) in [4.78, 5) is 0. The van der Waals surface area contributed by atoms with Crippen molar-refractivity contribution >= 4 is 38.1 Å². The first-order valence-electron chi connectivity index (χ1n) is 0.478. The first-order valence-corrected chi connectivity index (χ1v) is 8.49.